The topological polar surface area (TPSA) is 41.5 Å². The zero-order valence-electron chi connectivity index (χ0n) is 11.2. The van der Waals surface area contributed by atoms with E-state index < -0.39 is 6.10 Å². The fourth-order valence-electron chi connectivity index (χ4n) is 1.94. The van der Waals surface area contributed by atoms with Crippen LogP contribution in [0.1, 0.15) is 38.0 Å². The fraction of sp³-hybridized carbons (Fsp3) is 0.571. The van der Waals surface area contributed by atoms with Gasteiger partial charge in [-0.3, -0.25) is 0 Å². The van der Waals surface area contributed by atoms with Gasteiger partial charge in [0.1, 0.15) is 5.75 Å². The van der Waals surface area contributed by atoms with Gasteiger partial charge in [0.25, 0.3) is 0 Å². The number of hydrogen-bond donors (Lipinski definition) is 2. The SMILES string of the molecule is CCNC(C)C(O)c1cc(CC)ccc1OC. The Kier molecular flexibility index (Phi) is 5.45. The predicted molar refractivity (Wildman–Crippen MR) is 70.5 cm³/mol. The molecule has 2 N–H and O–H groups in total. The van der Waals surface area contributed by atoms with Gasteiger partial charge in [-0.2, -0.15) is 0 Å². The summed E-state index contributed by atoms with van der Waals surface area (Å²) in [4.78, 5) is 0. The molecule has 0 fully saturated rings. The van der Waals surface area contributed by atoms with Crippen LogP contribution in [0.4, 0.5) is 0 Å². The smallest absolute Gasteiger partial charge is 0.124 e. The Balaban J connectivity index is 3.00. The highest BCUT2D eigenvalue weighted by Gasteiger charge is 2.19. The summed E-state index contributed by atoms with van der Waals surface area (Å²) in [5, 5.41) is 13.5. The number of hydrogen-bond acceptors (Lipinski definition) is 3. The van der Waals surface area contributed by atoms with Gasteiger partial charge < -0.3 is 15.2 Å². The number of nitrogens with one attached hydrogen (secondary N) is 1. The van der Waals surface area contributed by atoms with Crippen molar-refractivity contribution in [3.8, 4) is 5.75 Å². The maximum atomic E-state index is 10.3. The first-order valence-electron chi connectivity index (χ1n) is 6.22. The molecule has 0 heterocycles. The van der Waals surface area contributed by atoms with E-state index >= 15 is 0 Å². The molecular formula is C14H23NO2. The van der Waals surface area contributed by atoms with Crippen LogP contribution in [0, 0.1) is 0 Å². The highest BCUT2D eigenvalue weighted by atomic mass is 16.5. The van der Waals surface area contributed by atoms with Gasteiger partial charge in [0.15, 0.2) is 0 Å². The van der Waals surface area contributed by atoms with Crippen LogP contribution in [-0.2, 0) is 6.42 Å². The molecule has 0 radical (unpaired) electrons. The standard InChI is InChI=1S/C14H23NO2/c1-5-11-7-8-13(17-4)12(9-11)14(16)10(3)15-6-2/h7-10,14-16H,5-6H2,1-4H3. The quantitative estimate of drug-likeness (QED) is 0.797. The van der Waals surface area contributed by atoms with Gasteiger partial charge in [0.05, 0.1) is 13.2 Å². The van der Waals surface area contributed by atoms with Crippen molar-refractivity contribution >= 4 is 0 Å². The molecule has 0 spiro atoms. The number of aryl methyl sites for hydroxylation is 1. The van der Waals surface area contributed by atoms with Gasteiger partial charge >= 0.3 is 0 Å². The van der Waals surface area contributed by atoms with Crippen LogP contribution in [-0.4, -0.2) is 24.8 Å². The predicted octanol–water partition coefficient (Wildman–Crippen LogP) is 2.29. The highest BCUT2D eigenvalue weighted by molar-refractivity contribution is 5.39. The monoisotopic (exact) mass is 237 g/mol. The minimum atomic E-state index is -0.545. The van der Waals surface area contributed by atoms with Crippen LogP contribution < -0.4 is 10.1 Å². The van der Waals surface area contributed by atoms with Gasteiger partial charge in [0, 0.05) is 11.6 Å². The Morgan fingerprint density at radius 2 is 2.06 bits per heavy atom. The van der Waals surface area contributed by atoms with Crippen LogP contribution in [0.15, 0.2) is 18.2 Å². The zero-order valence-corrected chi connectivity index (χ0v) is 11.2. The second-order valence-electron chi connectivity index (χ2n) is 4.22. The number of likely N-dealkylation sites (N-methyl/N-ethyl adjacent to an activating group) is 1. The first kappa shape index (κ1) is 14.0. The van der Waals surface area contributed by atoms with Crippen molar-refractivity contribution in [2.45, 2.75) is 39.3 Å². The van der Waals surface area contributed by atoms with Crippen molar-refractivity contribution in [3.63, 3.8) is 0 Å². The lowest BCUT2D eigenvalue weighted by atomic mass is 9.99. The molecule has 17 heavy (non-hydrogen) atoms. The third-order valence-electron chi connectivity index (χ3n) is 3.02. The molecule has 0 amide bonds. The summed E-state index contributed by atoms with van der Waals surface area (Å²) in [5.41, 5.74) is 2.07. The lowest BCUT2D eigenvalue weighted by molar-refractivity contribution is 0.133. The van der Waals surface area contributed by atoms with Crippen LogP contribution >= 0.6 is 0 Å². The Bertz CT molecular complexity index is 352. The third kappa shape index (κ3) is 3.45. The minimum absolute atomic E-state index is 0.0148. The van der Waals surface area contributed by atoms with Gasteiger partial charge in [-0.05, 0) is 37.6 Å². The van der Waals surface area contributed by atoms with Crippen LogP contribution in [0.25, 0.3) is 0 Å². The van der Waals surface area contributed by atoms with Crippen molar-refractivity contribution in [3.05, 3.63) is 29.3 Å². The van der Waals surface area contributed by atoms with E-state index in [0.29, 0.717) is 0 Å². The lowest BCUT2D eigenvalue weighted by Crippen LogP contribution is -2.32. The molecule has 0 aromatic heterocycles. The van der Waals surface area contributed by atoms with Crippen LogP contribution in [0.5, 0.6) is 5.75 Å². The summed E-state index contributed by atoms with van der Waals surface area (Å²) >= 11 is 0. The molecule has 0 saturated carbocycles. The van der Waals surface area contributed by atoms with Crippen LogP contribution in [0.3, 0.4) is 0 Å². The van der Waals surface area contributed by atoms with Gasteiger partial charge in [0.2, 0.25) is 0 Å². The average molecular weight is 237 g/mol. The molecule has 0 aliphatic heterocycles. The largest absolute Gasteiger partial charge is 0.496 e. The van der Waals surface area contributed by atoms with Crippen LogP contribution in [0.2, 0.25) is 0 Å². The Labute approximate surface area is 104 Å². The molecule has 0 aliphatic carbocycles. The van der Waals surface area contributed by atoms with E-state index in [1.54, 1.807) is 7.11 Å². The summed E-state index contributed by atoms with van der Waals surface area (Å²) in [7, 11) is 1.63. The number of ether oxygens (including phenoxy) is 1. The number of rotatable bonds is 6. The van der Waals surface area contributed by atoms with E-state index in [1.165, 1.54) is 5.56 Å². The molecule has 0 bridgehead atoms. The van der Waals surface area contributed by atoms with E-state index in [0.717, 1.165) is 24.3 Å². The molecule has 96 valence electrons. The molecule has 3 heteroatoms. The number of aliphatic hydroxyl groups excluding tert-OH is 1. The molecule has 3 nitrogen and oxygen atoms in total. The second-order valence-corrected chi connectivity index (χ2v) is 4.22. The summed E-state index contributed by atoms with van der Waals surface area (Å²) in [6, 6.07) is 6.00. The molecule has 2 unspecified atom stereocenters. The van der Waals surface area contributed by atoms with E-state index in [9.17, 15) is 5.11 Å². The Morgan fingerprint density at radius 3 is 2.59 bits per heavy atom. The lowest BCUT2D eigenvalue weighted by Gasteiger charge is -2.22. The molecule has 0 saturated heterocycles. The van der Waals surface area contributed by atoms with Gasteiger partial charge in [-0.15, -0.1) is 0 Å². The minimum Gasteiger partial charge on any atom is -0.496 e. The summed E-state index contributed by atoms with van der Waals surface area (Å²) in [5.74, 6) is 0.749. The van der Waals surface area contributed by atoms with Crippen molar-refractivity contribution in [1.82, 2.24) is 5.32 Å². The molecule has 1 aromatic rings. The fourth-order valence-corrected chi connectivity index (χ4v) is 1.94. The molecule has 0 aliphatic rings. The summed E-state index contributed by atoms with van der Waals surface area (Å²) < 4.78 is 5.31. The molecule has 1 rings (SSSR count). The normalized spacial score (nSPS) is 14.4. The zero-order chi connectivity index (χ0) is 12.8. The van der Waals surface area contributed by atoms with Crippen molar-refractivity contribution < 1.29 is 9.84 Å². The molecule has 2 atom stereocenters. The Hall–Kier alpha value is -1.06. The summed E-state index contributed by atoms with van der Waals surface area (Å²) in [6.45, 7) is 6.95. The average Bonchev–Trinajstić information content (AvgIpc) is 2.37. The number of aliphatic hydroxyl groups is 1. The van der Waals surface area contributed by atoms with Crippen molar-refractivity contribution in [1.29, 1.82) is 0 Å². The van der Waals surface area contributed by atoms with E-state index in [2.05, 4.69) is 12.2 Å². The van der Waals surface area contributed by atoms with E-state index in [4.69, 9.17) is 4.74 Å². The second kappa shape index (κ2) is 6.62. The summed E-state index contributed by atoms with van der Waals surface area (Å²) in [6.07, 6.45) is 0.413. The molecule has 1 aromatic carbocycles. The maximum absolute atomic E-state index is 10.3. The first-order valence-corrected chi connectivity index (χ1v) is 6.22. The van der Waals surface area contributed by atoms with Crippen molar-refractivity contribution in [2.24, 2.45) is 0 Å². The van der Waals surface area contributed by atoms with Gasteiger partial charge in [-0.1, -0.05) is 19.9 Å². The highest BCUT2D eigenvalue weighted by Crippen LogP contribution is 2.28. The van der Waals surface area contributed by atoms with Gasteiger partial charge in [-0.25, -0.2) is 0 Å². The maximum Gasteiger partial charge on any atom is 0.124 e. The number of methoxy groups -OCH3 is 1. The third-order valence-corrected chi connectivity index (χ3v) is 3.02. The van der Waals surface area contributed by atoms with E-state index in [-0.39, 0.29) is 6.04 Å². The van der Waals surface area contributed by atoms with Crippen molar-refractivity contribution in [2.75, 3.05) is 13.7 Å². The molecular weight excluding hydrogens is 214 g/mol. The first-order chi connectivity index (χ1) is 8.13. The Morgan fingerprint density at radius 1 is 1.35 bits per heavy atom. The number of benzene rings is 1. The van der Waals surface area contributed by atoms with E-state index in [1.807, 2.05) is 32.0 Å².